The normalized spacial score (nSPS) is 18.5. The van der Waals surface area contributed by atoms with Gasteiger partial charge in [0.25, 0.3) is 0 Å². The molecule has 4 N–H and O–H groups in total. The van der Waals surface area contributed by atoms with Gasteiger partial charge in [-0.25, -0.2) is 0 Å². The van der Waals surface area contributed by atoms with Crippen LogP contribution in [0.2, 0.25) is 10.0 Å². The van der Waals surface area contributed by atoms with Crippen molar-refractivity contribution in [3.8, 4) is 0 Å². The van der Waals surface area contributed by atoms with Crippen molar-refractivity contribution in [1.29, 1.82) is 0 Å². The molecule has 1 unspecified atom stereocenters. The Balaban J connectivity index is 1.99. The van der Waals surface area contributed by atoms with E-state index in [1.54, 1.807) is 0 Å². The number of nitrogens with zero attached hydrogens (tertiary/aromatic N) is 2. The summed E-state index contributed by atoms with van der Waals surface area (Å²) in [7, 11) is 0. The first-order valence-corrected chi connectivity index (χ1v) is 9.50. The highest BCUT2D eigenvalue weighted by Gasteiger charge is 2.32. The van der Waals surface area contributed by atoms with Crippen LogP contribution in [0.3, 0.4) is 0 Å². The zero-order valence-electron chi connectivity index (χ0n) is 15.2. The summed E-state index contributed by atoms with van der Waals surface area (Å²) in [4.78, 5) is 4.67. The highest BCUT2D eigenvalue weighted by molar-refractivity contribution is 6.34. The summed E-state index contributed by atoms with van der Waals surface area (Å²) in [5.41, 5.74) is 15.8. The lowest BCUT2D eigenvalue weighted by atomic mass is 9.98. The number of hydrogen-bond acceptors (Lipinski definition) is 4. The maximum absolute atomic E-state index is 6.54. The molecule has 0 spiro atoms. The van der Waals surface area contributed by atoms with Gasteiger partial charge in [-0.05, 0) is 30.2 Å². The largest absolute Gasteiger partial charge is 0.398 e. The van der Waals surface area contributed by atoms with E-state index in [0.717, 1.165) is 43.1 Å². The van der Waals surface area contributed by atoms with Crippen LogP contribution in [0, 0.1) is 5.92 Å². The Bertz CT molecular complexity index is 738. The van der Waals surface area contributed by atoms with Crippen molar-refractivity contribution in [2.24, 2.45) is 0 Å². The van der Waals surface area contributed by atoms with E-state index in [1.165, 1.54) is 5.92 Å². The van der Waals surface area contributed by atoms with Crippen LogP contribution in [-0.2, 0) is 0 Å². The molecule has 1 radical (unpaired) electrons. The predicted octanol–water partition coefficient (Wildman–Crippen LogP) is 4.64. The molecule has 0 bridgehead atoms. The number of piperazine rings is 1. The minimum Gasteiger partial charge on any atom is -0.398 e. The highest BCUT2D eigenvalue weighted by Crippen LogP contribution is 2.39. The molecule has 26 heavy (non-hydrogen) atoms. The molecule has 0 saturated carbocycles. The second-order valence-electron chi connectivity index (χ2n) is 7.06. The Hall–Kier alpha value is -1.62. The fraction of sp³-hybridized carbons (Fsp3) is 0.350. The van der Waals surface area contributed by atoms with Gasteiger partial charge in [0.1, 0.15) is 0 Å². The van der Waals surface area contributed by atoms with Crippen molar-refractivity contribution >= 4 is 40.3 Å². The van der Waals surface area contributed by atoms with E-state index in [-0.39, 0.29) is 6.04 Å². The molecule has 1 saturated heterocycles. The van der Waals surface area contributed by atoms with E-state index in [4.69, 9.17) is 34.7 Å². The molecule has 1 heterocycles. The topological polar surface area (TPSA) is 58.5 Å². The minimum atomic E-state index is 0.0722. The lowest BCUT2D eigenvalue weighted by molar-refractivity contribution is 0.186. The molecule has 1 atom stereocenters. The van der Waals surface area contributed by atoms with Crippen molar-refractivity contribution in [2.45, 2.75) is 19.9 Å². The van der Waals surface area contributed by atoms with Gasteiger partial charge in [-0.1, -0.05) is 49.2 Å². The number of anilines is 3. The highest BCUT2D eigenvalue weighted by atomic mass is 35.5. The third-order valence-electron chi connectivity index (χ3n) is 4.76. The number of nitrogens with two attached hydrogens (primary N) is 2. The maximum atomic E-state index is 6.54. The van der Waals surface area contributed by atoms with E-state index >= 15 is 0 Å². The van der Waals surface area contributed by atoms with E-state index in [9.17, 15) is 0 Å². The average Bonchev–Trinajstić information content (AvgIpc) is 2.56. The van der Waals surface area contributed by atoms with Crippen molar-refractivity contribution in [3.05, 3.63) is 57.9 Å². The van der Waals surface area contributed by atoms with Crippen LogP contribution in [0.5, 0.6) is 0 Å². The van der Waals surface area contributed by atoms with Gasteiger partial charge in [0.05, 0.1) is 22.4 Å². The Morgan fingerprint density at radius 1 is 1.00 bits per heavy atom. The Morgan fingerprint density at radius 2 is 1.65 bits per heavy atom. The summed E-state index contributed by atoms with van der Waals surface area (Å²) in [6.07, 6.45) is 0. The maximum Gasteiger partial charge on any atom is 0.0790 e. The molecule has 2 aromatic rings. The Kier molecular flexibility index (Phi) is 5.86. The second kappa shape index (κ2) is 7.95. The summed E-state index contributed by atoms with van der Waals surface area (Å²) in [6, 6.07) is 11.4. The van der Waals surface area contributed by atoms with Crippen molar-refractivity contribution in [1.82, 2.24) is 4.90 Å². The molecule has 6 heteroatoms. The van der Waals surface area contributed by atoms with Gasteiger partial charge < -0.3 is 16.4 Å². The lowest BCUT2D eigenvalue weighted by Gasteiger charge is -2.44. The molecule has 2 aromatic carbocycles. The lowest BCUT2D eigenvalue weighted by Crippen LogP contribution is -2.49. The fourth-order valence-electron chi connectivity index (χ4n) is 3.66. The molecular weight excluding hydrogens is 367 g/mol. The van der Waals surface area contributed by atoms with Crippen molar-refractivity contribution < 1.29 is 0 Å². The molecule has 139 valence electrons. The fourth-order valence-corrected chi connectivity index (χ4v) is 4.27. The van der Waals surface area contributed by atoms with Crippen molar-refractivity contribution in [2.75, 3.05) is 42.5 Å². The van der Waals surface area contributed by atoms with E-state index in [0.29, 0.717) is 15.7 Å². The first-order valence-electron chi connectivity index (χ1n) is 8.74. The molecule has 0 aliphatic carbocycles. The summed E-state index contributed by atoms with van der Waals surface area (Å²) >= 11 is 13.0. The van der Waals surface area contributed by atoms with E-state index in [2.05, 4.69) is 23.6 Å². The zero-order valence-corrected chi connectivity index (χ0v) is 16.7. The molecule has 1 aliphatic heterocycles. The molecule has 3 rings (SSSR count). The number of nitrogen functional groups attached to an aromatic ring is 2. The standard InChI is InChI=1S/C20H25Cl2N4/c1-13(2)11-25-9-10-26(20-15(22)6-4-8-17(20)24)12-18(25)19-14(21)5-3-7-16(19)23/h3-8,18H,9-12,23-24H2,1-2H3. The molecule has 0 amide bonds. The SMILES string of the molecule is C[C](C)CN1CCN(c2c(N)cccc2Cl)CC1c1c(N)cccc1Cl. The molecular formula is C20H25Cl2N4. The first-order chi connectivity index (χ1) is 12.4. The van der Waals surface area contributed by atoms with Crippen LogP contribution in [0.4, 0.5) is 17.1 Å². The summed E-state index contributed by atoms with van der Waals surface area (Å²) in [5.74, 6) is 1.35. The minimum absolute atomic E-state index is 0.0722. The number of benzene rings is 2. The number of halogens is 2. The quantitative estimate of drug-likeness (QED) is 0.745. The van der Waals surface area contributed by atoms with Gasteiger partial charge in [-0.2, -0.15) is 0 Å². The van der Waals surface area contributed by atoms with Crippen LogP contribution in [0.25, 0.3) is 0 Å². The van der Waals surface area contributed by atoms with Gasteiger partial charge in [-0.3, -0.25) is 4.90 Å². The first kappa shape index (κ1) is 19.2. The van der Waals surface area contributed by atoms with E-state index in [1.807, 2.05) is 36.4 Å². The summed E-state index contributed by atoms with van der Waals surface area (Å²) < 4.78 is 0. The van der Waals surface area contributed by atoms with Crippen LogP contribution in [0.15, 0.2) is 36.4 Å². The van der Waals surface area contributed by atoms with Gasteiger partial charge in [0, 0.05) is 42.5 Å². The van der Waals surface area contributed by atoms with Crippen LogP contribution >= 0.6 is 23.2 Å². The van der Waals surface area contributed by atoms with Crippen LogP contribution in [-0.4, -0.2) is 31.1 Å². The predicted molar refractivity (Wildman–Crippen MR) is 113 cm³/mol. The third-order valence-corrected chi connectivity index (χ3v) is 5.40. The second-order valence-corrected chi connectivity index (χ2v) is 7.87. The van der Waals surface area contributed by atoms with Gasteiger partial charge >= 0.3 is 0 Å². The van der Waals surface area contributed by atoms with Crippen LogP contribution in [0.1, 0.15) is 25.5 Å². The molecule has 0 aromatic heterocycles. The Labute approximate surface area is 165 Å². The molecule has 1 fully saturated rings. The number of para-hydroxylation sites is 1. The molecule has 4 nitrogen and oxygen atoms in total. The van der Waals surface area contributed by atoms with E-state index < -0.39 is 0 Å². The zero-order chi connectivity index (χ0) is 18.8. The summed E-state index contributed by atoms with van der Waals surface area (Å²) in [5, 5.41) is 1.37. The summed E-state index contributed by atoms with van der Waals surface area (Å²) in [6.45, 7) is 7.65. The monoisotopic (exact) mass is 391 g/mol. The molecule has 1 aliphatic rings. The smallest absolute Gasteiger partial charge is 0.0790 e. The van der Waals surface area contributed by atoms with Crippen molar-refractivity contribution in [3.63, 3.8) is 0 Å². The van der Waals surface area contributed by atoms with Crippen LogP contribution < -0.4 is 16.4 Å². The van der Waals surface area contributed by atoms with Gasteiger partial charge in [0.15, 0.2) is 0 Å². The Morgan fingerprint density at radius 3 is 2.27 bits per heavy atom. The third kappa shape index (κ3) is 3.88. The number of hydrogen-bond donors (Lipinski definition) is 2. The van der Waals surface area contributed by atoms with Gasteiger partial charge in [0.2, 0.25) is 0 Å². The average molecular weight is 392 g/mol. The van der Waals surface area contributed by atoms with Gasteiger partial charge in [-0.15, -0.1) is 0 Å². The number of rotatable bonds is 4.